The number of thiophene rings is 1. The molecule has 5 heterocycles. The fourth-order valence-corrected chi connectivity index (χ4v) is 8.97. The zero-order valence-corrected chi connectivity index (χ0v) is 28.4. The van der Waals surface area contributed by atoms with E-state index in [0.717, 1.165) is 76.1 Å². The molecule has 2 saturated carbocycles. The third kappa shape index (κ3) is 5.33. The fraction of sp³-hybridized carbons (Fsp3) is 0.543. The molecular formula is C35H40F2N8O2S. The molecule has 4 aliphatic rings. The maximum Gasteiger partial charge on any atom is 0.319 e. The summed E-state index contributed by atoms with van der Waals surface area (Å²) in [5.74, 6) is -0.0738. The van der Waals surface area contributed by atoms with E-state index in [4.69, 9.17) is 20.2 Å². The average Bonchev–Trinajstić information content (AvgIpc) is 3.59. The number of halogens is 2. The Hall–Kier alpha value is -3.70. The lowest BCUT2D eigenvalue weighted by atomic mass is 9.75. The molecule has 48 heavy (non-hydrogen) atoms. The number of nitrogen functional groups attached to an aromatic ring is 1. The zero-order valence-electron chi connectivity index (χ0n) is 27.6. The molecule has 2 aliphatic carbocycles. The summed E-state index contributed by atoms with van der Waals surface area (Å²) in [4.78, 5) is 20.9. The number of fused-ring (bicyclic) bond motifs is 4. The summed E-state index contributed by atoms with van der Waals surface area (Å²) in [6.07, 6.45) is 8.43. The minimum atomic E-state index is -0.688. The predicted octanol–water partition coefficient (Wildman–Crippen LogP) is 5.44. The van der Waals surface area contributed by atoms with Crippen LogP contribution in [-0.4, -0.2) is 96.9 Å². The number of aromatic nitrogens is 3. The van der Waals surface area contributed by atoms with Gasteiger partial charge in [0.1, 0.15) is 33.9 Å². The van der Waals surface area contributed by atoms with E-state index in [9.17, 15) is 9.65 Å². The Morgan fingerprint density at radius 1 is 1.17 bits per heavy atom. The molecule has 2 N–H and O–H groups in total. The van der Waals surface area contributed by atoms with Gasteiger partial charge < -0.3 is 25.0 Å². The number of ether oxygens (including phenoxy) is 2. The van der Waals surface area contributed by atoms with Gasteiger partial charge in [-0.3, -0.25) is 9.88 Å². The van der Waals surface area contributed by atoms with Crippen LogP contribution in [0.3, 0.4) is 0 Å². The van der Waals surface area contributed by atoms with Gasteiger partial charge in [0.2, 0.25) is 0 Å². The van der Waals surface area contributed by atoms with Gasteiger partial charge in [-0.1, -0.05) is 0 Å². The van der Waals surface area contributed by atoms with Gasteiger partial charge in [0.25, 0.3) is 0 Å². The topological polar surface area (TPSA) is 117 Å². The number of hydrogen-bond acceptors (Lipinski definition) is 11. The van der Waals surface area contributed by atoms with Crippen LogP contribution in [0.15, 0.2) is 18.3 Å². The van der Waals surface area contributed by atoms with E-state index < -0.39 is 11.6 Å². The molecule has 2 bridgehead atoms. The monoisotopic (exact) mass is 674 g/mol. The van der Waals surface area contributed by atoms with Crippen molar-refractivity contribution in [1.29, 1.82) is 5.26 Å². The molecule has 4 fully saturated rings. The van der Waals surface area contributed by atoms with Crippen molar-refractivity contribution in [2.75, 3.05) is 71.2 Å². The second-order valence-electron chi connectivity index (χ2n) is 14.6. The van der Waals surface area contributed by atoms with Crippen molar-refractivity contribution >= 4 is 43.1 Å². The Balaban J connectivity index is 1.17. The molecule has 2 unspecified atom stereocenters. The van der Waals surface area contributed by atoms with Crippen molar-refractivity contribution in [2.45, 2.75) is 50.2 Å². The van der Waals surface area contributed by atoms with Crippen LogP contribution in [0.5, 0.6) is 6.01 Å². The number of piperidine rings is 1. The van der Waals surface area contributed by atoms with Crippen molar-refractivity contribution in [1.82, 2.24) is 24.8 Å². The highest BCUT2D eigenvalue weighted by molar-refractivity contribution is 7.23. The molecule has 252 valence electrons. The highest BCUT2D eigenvalue weighted by atomic mass is 32.1. The van der Waals surface area contributed by atoms with Crippen LogP contribution in [0.4, 0.5) is 19.6 Å². The largest absolute Gasteiger partial charge is 0.463 e. The maximum atomic E-state index is 16.8. The van der Waals surface area contributed by atoms with E-state index in [2.05, 4.69) is 44.8 Å². The third-order valence-electron chi connectivity index (χ3n) is 11.1. The van der Waals surface area contributed by atoms with E-state index >= 15 is 4.39 Å². The van der Waals surface area contributed by atoms with E-state index in [0.29, 0.717) is 36.4 Å². The third-order valence-corrected chi connectivity index (χ3v) is 12.1. The van der Waals surface area contributed by atoms with Gasteiger partial charge in [-0.25, -0.2) is 8.78 Å². The van der Waals surface area contributed by atoms with Gasteiger partial charge in [0.15, 0.2) is 5.82 Å². The fourth-order valence-electron chi connectivity index (χ4n) is 8.02. The first-order valence-corrected chi connectivity index (χ1v) is 17.5. The first-order valence-electron chi connectivity index (χ1n) is 16.7. The second-order valence-corrected chi connectivity index (χ2v) is 15.7. The van der Waals surface area contributed by atoms with Gasteiger partial charge in [-0.05, 0) is 70.7 Å². The van der Waals surface area contributed by atoms with Crippen LogP contribution in [0.25, 0.3) is 32.2 Å². The summed E-state index contributed by atoms with van der Waals surface area (Å²) in [5.41, 5.74) is 6.49. The first kappa shape index (κ1) is 31.6. The standard InChI is InChI=1S/C35H40F2N8O2S/c1-43(2)35(7-4-8-35)18-44(3)32-24-13-40-28(22-5-6-25(36)30-26(22)23(12-38)31(39)48-30)27(37)29(24)41-33(42-32)47-19-34(9-10-34)17-45-14-20-11-21(15-45)46-16-20/h5-6,13,20-21H,4,7-11,14-19,39H2,1-3H3. The minimum Gasteiger partial charge on any atom is -0.463 e. The quantitative estimate of drug-likeness (QED) is 0.233. The van der Waals surface area contributed by atoms with Gasteiger partial charge >= 0.3 is 6.01 Å². The smallest absolute Gasteiger partial charge is 0.319 e. The van der Waals surface area contributed by atoms with Gasteiger partial charge in [0, 0.05) is 61.3 Å². The second kappa shape index (κ2) is 11.7. The first-order chi connectivity index (χ1) is 23.1. The summed E-state index contributed by atoms with van der Waals surface area (Å²) in [6, 6.07) is 4.87. The predicted molar refractivity (Wildman–Crippen MR) is 182 cm³/mol. The van der Waals surface area contributed by atoms with Crippen molar-refractivity contribution in [3.05, 3.63) is 35.5 Å². The van der Waals surface area contributed by atoms with Crippen LogP contribution < -0.4 is 15.4 Å². The molecule has 2 atom stereocenters. The summed E-state index contributed by atoms with van der Waals surface area (Å²) in [6.45, 7) is 4.92. The maximum absolute atomic E-state index is 16.8. The van der Waals surface area contributed by atoms with Crippen molar-refractivity contribution in [3.63, 3.8) is 0 Å². The molecule has 3 aromatic heterocycles. The lowest BCUT2D eigenvalue weighted by Gasteiger charge is -2.49. The summed E-state index contributed by atoms with van der Waals surface area (Å²) < 4.78 is 44.1. The molecule has 8 rings (SSSR count). The number of rotatable bonds is 10. The Bertz CT molecular complexity index is 1940. The lowest BCUT2D eigenvalue weighted by Crippen LogP contribution is -2.56. The van der Waals surface area contributed by atoms with Crippen LogP contribution in [0.2, 0.25) is 0 Å². The zero-order chi connectivity index (χ0) is 33.4. The van der Waals surface area contributed by atoms with Crippen molar-refractivity contribution in [2.24, 2.45) is 11.3 Å². The van der Waals surface area contributed by atoms with E-state index in [1.54, 1.807) is 6.20 Å². The van der Waals surface area contributed by atoms with Crippen molar-refractivity contribution in [3.8, 4) is 23.3 Å². The number of hydrogen-bond donors (Lipinski definition) is 1. The number of likely N-dealkylation sites (N-methyl/N-ethyl adjacent to an activating group) is 2. The molecular weight excluding hydrogens is 635 g/mol. The van der Waals surface area contributed by atoms with Crippen molar-refractivity contribution < 1.29 is 18.3 Å². The summed E-state index contributed by atoms with van der Waals surface area (Å²) in [5, 5.41) is 10.7. The van der Waals surface area contributed by atoms with E-state index in [1.165, 1.54) is 12.1 Å². The number of anilines is 2. The summed E-state index contributed by atoms with van der Waals surface area (Å²) >= 11 is 0.966. The molecule has 4 aromatic rings. The molecule has 0 spiro atoms. The van der Waals surface area contributed by atoms with Gasteiger partial charge in [-0.2, -0.15) is 15.2 Å². The Labute approximate surface area is 282 Å². The Kier molecular flexibility index (Phi) is 7.71. The number of nitrogens with zero attached hydrogens (tertiary/aromatic N) is 7. The molecule has 0 radical (unpaired) electrons. The number of benzene rings is 1. The highest BCUT2D eigenvalue weighted by Crippen LogP contribution is 2.48. The summed E-state index contributed by atoms with van der Waals surface area (Å²) in [7, 11) is 6.16. The number of likely N-dealkylation sites (tertiary alicyclic amines) is 1. The number of nitrogens with two attached hydrogens (primary N) is 1. The van der Waals surface area contributed by atoms with Gasteiger partial charge in [-0.15, -0.1) is 11.3 Å². The number of pyridine rings is 1. The molecule has 10 nitrogen and oxygen atoms in total. The van der Waals surface area contributed by atoms with E-state index in [1.807, 2.05) is 7.05 Å². The van der Waals surface area contributed by atoms with E-state index in [-0.39, 0.29) is 54.4 Å². The Morgan fingerprint density at radius 2 is 1.98 bits per heavy atom. The van der Waals surface area contributed by atoms with Crippen LogP contribution in [0, 0.1) is 34.3 Å². The molecule has 0 amide bonds. The molecule has 2 saturated heterocycles. The highest BCUT2D eigenvalue weighted by Gasteiger charge is 2.47. The van der Waals surface area contributed by atoms with Gasteiger partial charge in [0.05, 0.1) is 35.0 Å². The number of nitriles is 1. The SMILES string of the molecule is CN(CC1(N(C)C)CCC1)c1nc(OCC2(CN3CC4COC(C4)C3)CC2)nc2c(F)c(-c3ccc(F)c4sc(N)c(C#N)c34)ncc12. The molecule has 2 aliphatic heterocycles. The molecule has 1 aromatic carbocycles. The normalized spacial score (nSPS) is 22.6. The van der Waals surface area contributed by atoms with Crippen LogP contribution >= 0.6 is 11.3 Å². The molecule has 13 heteroatoms. The Morgan fingerprint density at radius 3 is 2.67 bits per heavy atom. The van der Waals surface area contributed by atoms with Crippen LogP contribution in [0.1, 0.15) is 44.1 Å². The lowest BCUT2D eigenvalue weighted by molar-refractivity contribution is 0.0678. The average molecular weight is 675 g/mol. The van der Waals surface area contributed by atoms with Crippen LogP contribution in [-0.2, 0) is 4.74 Å². The minimum absolute atomic E-state index is 0.0102.